The van der Waals surface area contributed by atoms with Crippen LogP contribution in [-0.4, -0.2) is 9.91 Å². The summed E-state index contributed by atoms with van der Waals surface area (Å²) in [5.74, 6) is 0.465. The number of nitro groups is 1. The van der Waals surface area contributed by atoms with E-state index in [1.807, 2.05) is 36.4 Å². The summed E-state index contributed by atoms with van der Waals surface area (Å²) in [5.41, 5.74) is 2.91. The van der Waals surface area contributed by atoms with Crippen LogP contribution in [0.5, 0.6) is 0 Å². The minimum Gasteiger partial charge on any atom is -0.435 e. The third-order valence-electron chi connectivity index (χ3n) is 3.88. The van der Waals surface area contributed by atoms with Crippen LogP contribution in [0.3, 0.4) is 0 Å². The highest BCUT2D eigenvalue weighted by molar-refractivity contribution is 6.31. The number of oxazole rings is 1. The first-order chi connectivity index (χ1) is 12.1. The van der Waals surface area contributed by atoms with Gasteiger partial charge in [-0.1, -0.05) is 41.9 Å². The van der Waals surface area contributed by atoms with Gasteiger partial charge < -0.3 is 4.42 Å². The van der Waals surface area contributed by atoms with Crippen molar-refractivity contribution < 1.29 is 9.34 Å². The van der Waals surface area contributed by atoms with Gasteiger partial charge in [-0.25, -0.2) is 4.98 Å². The Hall–Kier alpha value is -3.18. The maximum absolute atomic E-state index is 11.4. The molecule has 0 aliphatic heterocycles. The van der Waals surface area contributed by atoms with Crippen molar-refractivity contribution in [3.05, 3.63) is 81.9 Å². The van der Waals surface area contributed by atoms with E-state index in [0.29, 0.717) is 33.1 Å². The molecule has 0 unspecified atom stereocenters. The molecule has 0 saturated heterocycles. The van der Waals surface area contributed by atoms with Gasteiger partial charge in [0.25, 0.3) is 5.69 Å². The van der Waals surface area contributed by atoms with E-state index in [4.69, 9.17) is 16.0 Å². The van der Waals surface area contributed by atoms with Gasteiger partial charge in [0.05, 0.1) is 10.5 Å². The number of fused-ring (bicyclic) bond motifs is 1. The Bertz CT molecular complexity index is 1090. The standard InChI is InChI=1S/C19H11ClN2O3/c20-13-9-10-17(22(23)24)15(11-13)14-7-4-8-16-18(14)25-19(21-16)12-5-2-1-3-6-12/h1-11H. The van der Waals surface area contributed by atoms with Crippen molar-refractivity contribution in [3.8, 4) is 22.6 Å². The molecule has 25 heavy (non-hydrogen) atoms. The van der Waals surface area contributed by atoms with Crippen LogP contribution in [-0.2, 0) is 0 Å². The number of benzene rings is 3. The van der Waals surface area contributed by atoms with Gasteiger partial charge in [-0.2, -0.15) is 0 Å². The average Bonchev–Trinajstić information content (AvgIpc) is 3.06. The lowest BCUT2D eigenvalue weighted by atomic mass is 10.0. The number of halogens is 1. The molecule has 0 atom stereocenters. The lowest BCUT2D eigenvalue weighted by Gasteiger charge is -2.04. The van der Waals surface area contributed by atoms with Crippen LogP contribution in [0.1, 0.15) is 0 Å². The second-order valence-electron chi connectivity index (χ2n) is 5.46. The van der Waals surface area contributed by atoms with E-state index < -0.39 is 4.92 Å². The molecule has 0 radical (unpaired) electrons. The molecular formula is C19H11ClN2O3. The Morgan fingerprint density at radius 3 is 2.52 bits per heavy atom. The Morgan fingerprint density at radius 1 is 0.960 bits per heavy atom. The van der Waals surface area contributed by atoms with Crippen molar-refractivity contribution in [1.29, 1.82) is 0 Å². The van der Waals surface area contributed by atoms with Crippen LogP contribution < -0.4 is 0 Å². The third kappa shape index (κ3) is 2.75. The van der Waals surface area contributed by atoms with E-state index in [2.05, 4.69) is 4.98 Å². The highest BCUT2D eigenvalue weighted by Crippen LogP contribution is 2.38. The first-order valence-corrected chi connectivity index (χ1v) is 7.90. The molecule has 0 spiro atoms. The van der Waals surface area contributed by atoms with Gasteiger partial charge in [-0.15, -0.1) is 0 Å². The summed E-state index contributed by atoms with van der Waals surface area (Å²) in [6.07, 6.45) is 0. The lowest BCUT2D eigenvalue weighted by molar-refractivity contribution is -0.384. The summed E-state index contributed by atoms with van der Waals surface area (Å²) in [5, 5.41) is 11.8. The van der Waals surface area contributed by atoms with Crippen molar-refractivity contribution in [2.24, 2.45) is 0 Å². The summed E-state index contributed by atoms with van der Waals surface area (Å²) in [6, 6.07) is 19.3. The van der Waals surface area contributed by atoms with Crippen molar-refractivity contribution in [1.82, 2.24) is 4.98 Å². The molecule has 4 rings (SSSR count). The minimum atomic E-state index is -0.432. The average molecular weight is 351 g/mol. The number of aromatic nitrogens is 1. The summed E-state index contributed by atoms with van der Waals surface area (Å²) in [4.78, 5) is 15.5. The van der Waals surface area contributed by atoms with Crippen LogP contribution in [0.4, 0.5) is 5.69 Å². The number of hydrogen-bond donors (Lipinski definition) is 0. The van der Waals surface area contributed by atoms with E-state index >= 15 is 0 Å². The normalized spacial score (nSPS) is 10.9. The van der Waals surface area contributed by atoms with Gasteiger partial charge in [0.1, 0.15) is 5.52 Å². The third-order valence-corrected chi connectivity index (χ3v) is 4.12. The Morgan fingerprint density at radius 2 is 1.76 bits per heavy atom. The van der Waals surface area contributed by atoms with Crippen molar-refractivity contribution in [3.63, 3.8) is 0 Å². The molecule has 1 aromatic heterocycles. The highest BCUT2D eigenvalue weighted by atomic mass is 35.5. The summed E-state index contributed by atoms with van der Waals surface area (Å²) in [7, 11) is 0. The molecule has 122 valence electrons. The molecule has 0 aliphatic rings. The zero-order valence-electron chi connectivity index (χ0n) is 12.8. The zero-order valence-corrected chi connectivity index (χ0v) is 13.6. The Kier molecular flexibility index (Phi) is 3.71. The fourth-order valence-corrected chi connectivity index (χ4v) is 2.92. The quantitative estimate of drug-likeness (QED) is 0.350. The number of nitro benzene ring substituents is 1. The SMILES string of the molecule is O=[N+]([O-])c1ccc(Cl)cc1-c1cccc2nc(-c3ccccc3)oc12. The molecule has 4 aromatic rings. The maximum Gasteiger partial charge on any atom is 0.277 e. The number of nitrogens with zero attached hydrogens (tertiary/aromatic N) is 2. The predicted octanol–water partition coefficient (Wildman–Crippen LogP) is 5.72. The van der Waals surface area contributed by atoms with Gasteiger partial charge in [0.2, 0.25) is 5.89 Å². The molecular weight excluding hydrogens is 340 g/mol. The van der Waals surface area contributed by atoms with Crippen LogP contribution in [0.2, 0.25) is 5.02 Å². The molecule has 3 aromatic carbocycles. The largest absolute Gasteiger partial charge is 0.435 e. The number of para-hydroxylation sites is 1. The first kappa shape index (κ1) is 15.4. The van der Waals surface area contributed by atoms with Gasteiger partial charge in [-0.05, 0) is 30.3 Å². The lowest BCUT2D eigenvalue weighted by Crippen LogP contribution is -1.92. The van der Waals surface area contributed by atoms with E-state index in [1.54, 1.807) is 18.2 Å². The van der Waals surface area contributed by atoms with Gasteiger partial charge in [-0.3, -0.25) is 10.1 Å². The first-order valence-electron chi connectivity index (χ1n) is 7.53. The fraction of sp³-hybridized carbons (Fsp3) is 0. The van der Waals surface area contributed by atoms with Gasteiger partial charge >= 0.3 is 0 Å². The summed E-state index contributed by atoms with van der Waals surface area (Å²) >= 11 is 6.05. The number of rotatable bonds is 3. The second-order valence-corrected chi connectivity index (χ2v) is 5.89. The summed E-state index contributed by atoms with van der Waals surface area (Å²) in [6.45, 7) is 0. The molecule has 0 N–H and O–H groups in total. The van der Waals surface area contributed by atoms with Crippen molar-refractivity contribution in [2.45, 2.75) is 0 Å². The van der Waals surface area contributed by atoms with Crippen molar-refractivity contribution in [2.75, 3.05) is 0 Å². The van der Waals surface area contributed by atoms with Crippen LogP contribution in [0.25, 0.3) is 33.7 Å². The maximum atomic E-state index is 11.4. The van der Waals surface area contributed by atoms with Crippen LogP contribution in [0, 0.1) is 10.1 Å². The molecule has 6 heteroatoms. The zero-order chi connectivity index (χ0) is 17.4. The van der Waals surface area contributed by atoms with E-state index in [-0.39, 0.29) is 5.69 Å². The van der Waals surface area contributed by atoms with Crippen LogP contribution in [0.15, 0.2) is 71.1 Å². The minimum absolute atomic E-state index is 0.0328. The molecule has 0 aliphatic carbocycles. The van der Waals surface area contributed by atoms with Gasteiger partial charge in [0.15, 0.2) is 5.58 Å². The molecule has 0 amide bonds. The van der Waals surface area contributed by atoms with E-state index in [1.165, 1.54) is 12.1 Å². The predicted molar refractivity (Wildman–Crippen MR) is 96.5 cm³/mol. The molecule has 0 bridgehead atoms. The Labute approximate surface area is 147 Å². The fourth-order valence-electron chi connectivity index (χ4n) is 2.75. The summed E-state index contributed by atoms with van der Waals surface area (Å²) < 4.78 is 5.94. The topological polar surface area (TPSA) is 69.2 Å². The second kappa shape index (κ2) is 6.03. The smallest absolute Gasteiger partial charge is 0.277 e. The number of hydrogen-bond acceptors (Lipinski definition) is 4. The van der Waals surface area contributed by atoms with Gasteiger partial charge in [0, 0.05) is 22.2 Å². The molecule has 0 fully saturated rings. The highest BCUT2D eigenvalue weighted by Gasteiger charge is 2.20. The van der Waals surface area contributed by atoms with E-state index in [9.17, 15) is 10.1 Å². The Balaban J connectivity index is 1.97. The molecule has 1 heterocycles. The molecule has 0 saturated carbocycles. The van der Waals surface area contributed by atoms with Crippen LogP contribution >= 0.6 is 11.6 Å². The monoisotopic (exact) mass is 350 g/mol. The molecule has 5 nitrogen and oxygen atoms in total. The van der Waals surface area contributed by atoms with E-state index in [0.717, 1.165) is 5.56 Å². The van der Waals surface area contributed by atoms with Crippen molar-refractivity contribution >= 4 is 28.4 Å².